The smallest absolute Gasteiger partial charge is 0.133 e. The minimum Gasteiger partial charge on any atom is -0.313 e. The van der Waals surface area contributed by atoms with E-state index < -0.39 is 0 Å². The molecule has 1 saturated carbocycles. The number of rotatable bonds is 0. The zero-order valence-corrected chi connectivity index (χ0v) is 10.6. The van der Waals surface area contributed by atoms with E-state index in [0.717, 1.165) is 38.6 Å². The summed E-state index contributed by atoms with van der Waals surface area (Å²) in [6, 6.07) is 9.42. The molecule has 1 saturated heterocycles. The van der Waals surface area contributed by atoms with Crippen molar-refractivity contribution in [2.24, 2.45) is 5.92 Å². The van der Waals surface area contributed by atoms with Gasteiger partial charge >= 0.3 is 0 Å². The Morgan fingerprint density at radius 2 is 2.17 bits per heavy atom. The average molecular weight is 241 g/mol. The Hall–Kier alpha value is -1.15. The van der Waals surface area contributed by atoms with Gasteiger partial charge < -0.3 is 5.32 Å². The third-order valence-corrected chi connectivity index (χ3v) is 5.41. The maximum Gasteiger partial charge on any atom is 0.133 e. The van der Waals surface area contributed by atoms with E-state index in [2.05, 4.69) is 29.6 Å². The Balaban J connectivity index is 1.91. The maximum absolute atomic E-state index is 12.0. The highest BCUT2D eigenvalue weighted by Crippen LogP contribution is 2.52. The van der Waals surface area contributed by atoms with Crippen molar-refractivity contribution in [3.05, 3.63) is 35.4 Å². The molecule has 0 amide bonds. The predicted octanol–water partition coefficient (Wildman–Crippen LogP) is 2.21. The predicted molar refractivity (Wildman–Crippen MR) is 70.6 cm³/mol. The van der Waals surface area contributed by atoms with Crippen LogP contribution in [0.2, 0.25) is 0 Å². The van der Waals surface area contributed by atoms with Gasteiger partial charge in [-0.25, -0.2) is 0 Å². The lowest BCUT2D eigenvalue weighted by atomic mass is 9.52. The number of Topliss-reactive ketones (excluding diaryl/α,β-unsaturated/α-hetero) is 1. The summed E-state index contributed by atoms with van der Waals surface area (Å²) in [4.78, 5) is 12.0. The molecular weight excluding hydrogens is 222 g/mol. The number of hydrogen-bond donors (Lipinski definition) is 1. The summed E-state index contributed by atoms with van der Waals surface area (Å²) in [5, 5.41) is 3.69. The standard InChI is InChI=1S/C16H19NO/c18-12-5-6-14-15-9-11-3-1-2-4-13(11)16(14,10-12)7-8-17-15/h1-4,14-15,17H,5-10H2. The van der Waals surface area contributed by atoms with Gasteiger partial charge in [-0.3, -0.25) is 4.79 Å². The molecule has 4 rings (SSSR count). The Morgan fingerprint density at radius 1 is 1.28 bits per heavy atom. The highest BCUT2D eigenvalue weighted by Gasteiger charge is 2.53. The number of ketones is 1. The van der Waals surface area contributed by atoms with Gasteiger partial charge in [-0.1, -0.05) is 24.3 Å². The molecule has 2 bridgehead atoms. The zero-order valence-electron chi connectivity index (χ0n) is 10.6. The van der Waals surface area contributed by atoms with E-state index in [0.29, 0.717) is 17.7 Å². The number of carbonyl (C=O) groups is 1. The molecule has 2 fully saturated rings. The molecule has 3 atom stereocenters. The lowest BCUT2D eigenvalue weighted by Crippen LogP contribution is -2.60. The van der Waals surface area contributed by atoms with Crippen molar-refractivity contribution < 1.29 is 4.79 Å². The molecule has 1 aromatic rings. The van der Waals surface area contributed by atoms with E-state index in [4.69, 9.17) is 0 Å². The Bertz CT molecular complexity index is 510. The van der Waals surface area contributed by atoms with Gasteiger partial charge in [0, 0.05) is 24.3 Å². The molecule has 2 aliphatic carbocycles. The Kier molecular flexibility index (Phi) is 2.19. The number of piperidine rings is 1. The van der Waals surface area contributed by atoms with Crippen molar-refractivity contribution >= 4 is 5.78 Å². The van der Waals surface area contributed by atoms with E-state index in [1.165, 1.54) is 11.1 Å². The second-order valence-electron chi connectivity index (χ2n) is 6.19. The fourth-order valence-corrected chi connectivity index (χ4v) is 4.71. The van der Waals surface area contributed by atoms with E-state index in [1.807, 2.05) is 0 Å². The molecule has 1 aromatic carbocycles. The summed E-state index contributed by atoms with van der Waals surface area (Å²) in [6.07, 6.45) is 4.96. The van der Waals surface area contributed by atoms with Crippen LogP contribution in [-0.4, -0.2) is 18.4 Å². The second kappa shape index (κ2) is 3.67. The largest absolute Gasteiger partial charge is 0.313 e. The van der Waals surface area contributed by atoms with E-state index in [9.17, 15) is 4.79 Å². The van der Waals surface area contributed by atoms with Crippen LogP contribution in [0.4, 0.5) is 0 Å². The number of hydrogen-bond acceptors (Lipinski definition) is 2. The summed E-state index contributed by atoms with van der Waals surface area (Å²) in [5.41, 5.74) is 3.13. The maximum atomic E-state index is 12.0. The van der Waals surface area contributed by atoms with Crippen LogP contribution in [-0.2, 0) is 16.6 Å². The lowest BCUT2D eigenvalue weighted by Gasteiger charge is -2.55. The van der Waals surface area contributed by atoms with Gasteiger partial charge in [0.1, 0.15) is 5.78 Å². The highest BCUT2D eigenvalue weighted by molar-refractivity contribution is 5.81. The lowest BCUT2D eigenvalue weighted by molar-refractivity contribution is -0.125. The molecule has 0 spiro atoms. The first kappa shape index (κ1) is 10.7. The van der Waals surface area contributed by atoms with Crippen molar-refractivity contribution in [1.82, 2.24) is 5.32 Å². The van der Waals surface area contributed by atoms with Crippen molar-refractivity contribution in [3.63, 3.8) is 0 Å². The zero-order chi connectivity index (χ0) is 12.2. The first-order valence-corrected chi connectivity index (χ1v) is 7.13. The molecule has 2 heteroatoms. The minimum absolute atomic E-state index is 0.167. The molecule has 1 N–H and O–H groups in total. The molecule has 94 valence electrons. The summed E-state index contributed by atoms with van der Waals surface area (Å²) in [7, 11) is 0. The van der Waals surface area contributed by atoms with E-state index >= 15 is 0 Å². The van der Waals surface area contributed by atoms with Gasteiger partial charge in [0.05, 0.1) is 0 Å². The van der Waals surface area contributed by atoms with Crippen LogP contribution in [0.1, 0.15) is 36.8 Å². The van der Waals surface area contributed by atoms with Crippen molar-refractivity contribution in [3.8, 4) is 0 Å². The van der Waals surface area contributed by atoms with Crippen LogP contribution >= 0.6 is 0 Å². The Morgan fingerprint density at radius 3 is 3.11 bits per heavy atom. The van der Waals surface area contributed by atoms with Gasteiger partial charge in [-0.2, -0.15) is 0 Å². The summed E-state index contributed by atoms with van der Waals surface area (Å²) < 4.78 is 0. The number of nitrogens with one attached hydrogen (secondary N) is 1. The first-order valence-electron chi connectivity index (χ1n) is 7.13. The molecule has 3 unspecified atom stereocenters. The van der Waals surface area contributed by atoms with Crippen molar-refractivity contribution in [2.75, 3.05) is 6.54 Å². The molecule has 0 aromatic heterocycles. The first-order chi connectivity index (χ1) is 8.79. The van der Waals surface area contributed by atoms with E-state index in [-0.39, 0.29) is 5.41 Å². The van der Waals surface area contributed by atoms with E-state index in [1.54, 1.807) is 0 Å². The molecule has 0 radical (unpaired) electrons. The third kappa shape index (κ3) is 1.30. The molecule has 3 aliphatic rings. The molecule has 1 heterocycles. The average Bonchev–Trinajstić information content (AvgIpc) is 2.38. The number of fused-ring (bicyclic) bond motifs is 1. The van der Waals surface area contributed by atoms with Gasteiger partial charge in [0.2, 0.25) is 0 Å². The van der Waals surface area contributed by atoms with Gasteiger partial charge in [-0.15, -0.1) is 0 Å². The summed E-state index contributed by atoms with van der Waals surface area (Å²) in [5.74, 6) is 1.16. The monoisotopic (exact) mass is 241 g/mol. The van der Waals surface area contributed by atoms with Gasteiger partial charge in [0.15, 0.2) is 0 Å². The van der Waals surface area contributed by atoms with Crippen molar-refractivity contribution in [2.45, 2.75) is 43.6 Å². The van der Waals surface area contributed by atoms with Gasteiger partial charge in [-0.05, 0) is 42.9 Å². The van der Waals surface area contributed by atoms with Crippen LogP contribution in [0.25, 0.3) is 0 Å². The fraction of sp³-hybridized carbons (Fsp3) is 0.562. The summed E-state index contributed by atoms with van der Waals surface area (Å²) in [6.45, 7) is 1.07. The van der Waals surface area contributed by atoms with Crippen LogP contribution < -0.4 is 5.32 Å². The second-order valence-corrected chi connectivity index (χ2v) is 6.19. The molecule has 18 heavy (non-hydrogen) atoms. The quantitative estimate of drug-likeness (QED) is 0.754. The minimum atomic E-state index is 0.167. The number of benzene rings is 1. The fourth-order valence-electron chi connectivity index (χ4n) is 4.71. The molecule has 2 nitrogen and oxygen atoms in total. The molecular formula is C16H19NO. The van der Waals surface area contributed by atoms with Crippen LogP contribution in [0, 0.1) is 5.92 Å². The third-order valence-electron chi connectivity index (χ3n) is 5.41. The van der Waals surface area contributed by atoms with Crippen LogP contribution in [0.15, 0.2) is 24.3 Å². The van der Waals surface area contributed by atoms with Crippen LogP contribution in [0.3, 0.4) is 0 Å². The van der Waals surface area contributed by atoms with Crippen LogP contribution in [0.5, 0.6) is 0 Å². The summed E-state index contributed by atoms with van der Waals surface area (Å²) >= 11 is 0. The molecule has 1 aliphatic heterocycles. The normalized spacial score (nSPS) is 37.9. The SMILES string of the molecule is O=C1CCC2C3Cc4ccccc4C2(CCN3)C1. The topological polar surface area (TPSA) is 29.1 Å². The number of carbonyl (C=O) groups excluding carboxylic acids is 1. The highest BCUT2D eigenvalue weighted by atomic mass is 16.1. The van der Waals surface area contributed by atoms with Crippen molar-refractivity contribution in [1.29, 1.82) is 0 Å². The Labute approximate surface area is 108 Å². The van der Waals surface area contributed by atoms with Gasteiger partial charge in [0.25, 0.3) is 0 Å².